The third-order valence-corrected chi connectivity index (χ3v) is 4.08. The van der Waals surface area contributed by atoms with Crippen LogP contribution in [0.1, 0.15) is 22.4 Å². The van der Waals surface area contributed by atoms with Crippen LogP contribution >= 0.6 is 11.6 Å². The summed E-state index contributed by atoms with van der Waals surface area (Å²) < 4.78 is 0. The molecule has 0 spiro atoms. The van der Waals surface area contributed by atoms with Gasteiger partial charge < -0.3 is 4.90 Å². The van der Waals surface area contributed by atoms with Crippen LogP contribution in [-0.4, -0.2) is 23.5 Å². The zero-order chi connectivity index (χ0) is 12.7. The van der Waals surface area contributed by atoms with Gasteiger partial charge in [0.15, 0.2) is 0 Å². The summed E-state index contributed by atoms with van der Waals surface area (Å²) in [5, 5.41) is 1.22. The van der Waals surface area contributed by atoms with Gasteiger partial charge in [-0.15, -0.1) is 11.6 Å². The molecule has 0 aliphatic carbocycles. The molecule has 18 heavy (non-hydrogen) atoms. The number of aryl methyl sites for hydroxylation is 1. The number of likely N-dealkylation sites (N-methyl/N-ethyl adjacent to an activating group) is 1. The first-order chi connectivity index (χ1) is 8.70. The van der Waals surface area contributed by atoms with E-state index in [0.717, 1.165) is 25.0 Å². The second-order valence-corrected chi connectivity index (χ2v) is 5.38. The molecule has 1 aromatic heterocycles. The summed E-state index contributed by atoms with van der Waals surface area (Å²) in [5.41, 5.74) is 6.21. The fourth-order valence-corrected chi connectivity index (χ4v) is 3.09. The van der Waals surface area contributed by atoms with Gasteiger partial charge in [0.1, 0.15) is 0 Å². The highest BCUT2D eigenvalue weighted by Gasteiger charge is 2.20. The maximum atomic E-state index is 6.20. The monoisotopic (exact) mass is 260 g/mol. The molecule has 0 amide bonds. The minimum atomic E-state index is 0.568. The normalized spacial score (nSPS) is 15.9. The SMILES string of the molecule is Cc1cccc2c(CCl)c3c(nc12)CCN(C)C3. The van der Waals surface area contributed by atoms with Crippen molar-refractivity contribution in [1.29, 1.82) is 0 Å². The van der Waals surface area contributed by atoms with Crippen molar-refractivity contribution in [3.63, 3.8) is 0 Å². The molecule has 1 aliphatic heterocycles. The minimum Gasteiger partial charge on any atom is -0.302 e. The van der Waals surface area contributed by atoms with E-state index in [0.29, 0.717) is 5.88 Å². The summed E-state index contributed by atoms with van der Waals surface area (Å²) in [6.45, 7) is 4.17. The average Bonchev–Trinajstić information content (AvgIpc) is 2.37. The lowest BCUT2D eigenvalue weighted by molar-refractivity contribution is 0.309. The second kappa shape index (κ2) is 4.52. The predicted octanol–water partition coefficient (Wildman–Crippen LogP) is 3.27. The molecular formula is C15H17ClN2. The highest BCUT2D eigenvalue weighted by molar-refractivity contribution is 6.18. The molecule has 1 aromatic carbocycles. The van der Waals surface area contributed by atoms with Crippen LogP contribution in [0.2, 0.25) is 0 Å². The summed E-state index contributed by atoms with van der Waals surface area (Å²) in [4.78, 5) is 7.21. The maximum Gasteiger partial charge on any atom is 0.0737 e. The van der Waals surface area contributed by atoms with Crippen molar-refractivity contribution in [2.24, 2.45) is 0 Å². The molecule has 2 heterocycles. The molecule has 3 heteroatoms. The Bertz CT molecular complexity index is 607. The van der Waals surface area contributed by atoms with Gasteiger partial charge in [-0.25, -0.2) is 0 Å². The lowest BCUT2D eigenvalue weighted by Gasteiger charge is -2.27. The number of fused-ring (bicyclic) bond motifs is 2. The van der Waals surface area contributed by atoms with Crippen molar-refractivity contribution >= 4 is 22.5 Å². The molecule has 0 N–H and O–H groups in total. The number of halogens is 1. The first-order valence-electron chi connectivity index (χ1n) is 6.35. The highest BCUT2D eigenvalue weighted by atomic mass is 35.5. The van der Waals surface area contributed by atoms with E-state index in [4.69, 9.17) is 16.6 Å². The number of hydrogen-bond donors (Lipinski definition) is 0. The van der Waals surface area contributed by atoms with E-state index in [1.54, 1.807) is 0 Å². The number of hydrogen-bond acceptors (Lipinski definition) is 2. The van der Waals surface area contributed by atoms with E-state index in [9.17, 15) is 0 Å². The van der Waals surface area contributed by atoms with Crippen LogP contribution < -0.4 is 0 Å². The molecule has 2 aromatic rings. The van der Waals surface area contributed by atoms with Gasteiger partial charge in [0.25, 0.3) is 0 Å². The van der Waals surface area contributed by atoms with E-state index >= 15 is 0 Å². The first kappa shape index (κ1) is 11.9. The topological polar surface area (TPSA) is 16.1 Å². The van der Waals surface area contributed by atoms with Crippen molar-refractivity contribution in [3.05, 3.63) is 40.6 Å². The fraction of sp³-hybridized carbons (Fsp3) is 0.400. The first-order valence-corrected chi connectivity index (χ1v) is 6.88. The van der Waals surface area contributed by atoms with Crippen LogP contribution in [0, 0.1) is 6.92 Å². The number of benzene rings is 1. The van der Waals surface area contributed by atoms with Crippen molar-refractivity contribution in [2.75, 3.05) is 13.6 Å². The van der Waals surface area contributed by atoms with Gasteiger partial charge in [-0.05, 0) is 30.7 Å². The van der Waals surface area contributed by atoms with Gasteiger partial charge in [0, 0.05) is 36.5 Å². The summed E-state index contributed by atoms with van der Waals surface area (Å²) in [7, 11) is 2.15. The van der Waals surface area contributed by atoms with Gasteiger partial charge in [-0.1, -0.05) is 18.2 Å². The van der Waals surface area contributed by atoms with Gasteiger partial charge in [0.2, 0.25) is 0 Å². The fourth-order valence-electron chi connectivity index (χ4n) is 2.78. The molecule has 0 fully saturated rings. The third kappa shape index (κ3) is 1.80. The Morgan fingerprint density at radius 3 is 3.00 bits per heavy atom. The van der Waals surface area contributed by atoms with E-state index in [-0.39, 0.29) is 0 Å². The lowest BCUT2D eigenvalue weighted by Crippen LogP contribution is -2.28. The molecule has 0 saturated heterocycles. The van der Waals surface area contributed by atoms with Crippen LogP contribution in [0.3, 0.4) is 0 Å². The Hall–Kier alpha value is -1.12. The molecule has 0 radical (unpaired) electrons. The minimum absolute atomic E-state index is 0.568. The van der Waals surface area contributed by atoms with E-state index in [2.05, 4.69) is 37.1 Å². The number of para-hydroxylation sites is 1. The highest BCUT2D eigenvalue weighted by Crippen LogP contribution is 2.30. The molecule has 0 unspecified atom stereocenters. The van der Waals surface area contributed by atoms with Crippen molar-refractivity contribution in [3.8, 4) is 0 Å². The summed E-state index contributed by atoms with van der Waals surface area (Å²) >= 11 is 6.20. The predicted molar refractivity (Wildman–Crippen MR) is 76.1 cm³/mol. The van der Waals surface area contributed by atoms with Crippen molar-refractivity contribution in [1.82, 2.24) is 9.88 Å². The van der Waals surface area contributed by atoms with Gasteiger partial charge in [-0.2, -0.15) is 0 Å². The van der Waals surface area contributed by atoms with Crippen LogP contribution in [0.5, 0.6) is 0 Å². The third-order valence-electron chi connectivity index (χ3n) is 3.81. The molecular weight excluding hydrogens is 244 g/mol. The summed E-state index contributed by atoms with van der Waals surface area (Å²) in [6, 6.07) is 6.35. The zero-order valence-electron chi connectivity index (χ0n) is 10.8. The number of aromatic nitrogens is 1. The van der Waals surface area contributed by atoms with Gasteiger partial charge in [-0.3, -0.25) is 4.98 Å². The van der Waals surface area contributed by atoms with E-state index in [1.165, 1.54) is 27.8 Å². The quantitative estimate of drug-likeness (QED) is 0.732. The Labute approximate surface area is 113 Å². The largest absolute Gasteiger partial charge is 0.302 e. The molecule has 1 aliphatic rings. The lowest BCUT2D eigenvalue weighted by atomic mass is 9.96. The van der Waals surface area contributed by atoms with Crippen molar-refractivity contribution < 1.29 is 0 Å². The number of alkyl halides is 1. The van der Waals surface area contributed by atoms with Gasteiger partial charge in [0.05, 0.1) is 5.52 Å². The van der Waals surface area contributed by atoms with Crippen LogP contribution in [0.15, 0.2) is 18.2 Å². The molecule has 3 rings (SSSR count). The van der Waals surface area contributed by atoms with Crippen LogP contribution in [-0.2, 0) is 18.8 Å². The smallest absolute Gasteiger partial charge is 0.0737 e. The number of rotatable bonds is 1. The molecule has 0 bridgehead atoms. The Morgan fingerprint density at radius 1 is 1.39 bits per heavy atom. The van der Waals surface area contributed by atoms with E-state index in [1.807, 2.05) is 0 Å². The second-order valence-electron chi connectivity index (χ2n) is 5.11. The standard InChI is InChI=1S/C15H17ClN2/c1-10-4-3-5-11-12(8-16)13-9-18(2)7-6-14(13)17-15(10)11/h3-5H,6-9H2,1-2H3. The molecule has 0 saturated carbocycles. The molecule has 2 nitrogen and oxygen atoms in total. The Morgan fingerprint density at radius 2 is 2.22 bits per heavy atom. The van der Waals surface area contributed by atoms with Crippen LogP contribution in [0.4, 0.5) is 0 Å². The van der Waals surface area contributed by atoms with Crippen LogP contribution in [0.25, 0.3) is 10.9 Å². The number of nitrogens with zero attached hydrogens (tertiary/aromatic N) is 2. The zero-order valence-corrected chi connectivity index (χ0v) is 11.6. The molecule has 0 atom stereocenters. The van der Waals surface area contributed by atoms with E-state index < -0.39 is 0 Å². The van der Waals surface area contributed by atoms with Crippen molar-refractivity contribution in [2.45, 2.75) is 25.8 Å². The number of pyridine rings is 1. The van der Waals surface area contributed by atoms with Gasteiger partial charge >= 0.3 is 0 Å². The average molecular weight is 261 g/mol. The summed E-state index contributed by atoms with van der Waals surface area (Å²) in [6.07, 6.45) is 1.03. The summed E-state index contributed by atoms with van der Waals surface area (Å²) in [5.74, 6) is 0.568. The molecule has 94 valence electrons. The Kier molecular flexibility index (Phi) is 3.00. The maximum absolute atomic E-state index is 6.20. The Balaban J connectivity index is 2.34.